The molecule has 0 heterocycles. The summed E-state index contributed by atoms with van der Waals surface area (Å²) in [4.78, 5) is 0. The van der Waals surface area contributed by atoms with Crippen molar-refractivity contribution in [2.24, 2.45) is 0 Å². The predicted molar refractivity (Wildman–Crippen MR) is 59.9 cm³/mol. The first-order valence-electron chi connectivity index (χ1n) is 6.15. The molecule has 0 spiro atoms. The first kappa shape index (κ1) is 10.8. The van der Waals surface area contributed by atoms with Crippen LogP contribution in [0.3, 0.4) is 0 Å². The Morgan fingerprint density at radius 2 is 0.692 bits per heavy atom. The van der Waals surface area contributed by atoms with Crippen LogP contribution in [0.4, 0.5) is 0 Å². The van der Waals surface area contributed by atoms with Crippen LogP contribution in [0, 0.1) is 0 Å². The summed E-state index contributed by atoms with van der Waals surface area (Å²) >= 11 is 0. The lowest BCUT2D eigenvalue weighted by molar-refractivity contribution is 0.702. The van der Waals surface area contributed by atoms with E-state index in [1.807, 2.05) is 0 Å². The normalized spacial score (nSPS) is 22.8. The summed E-state index contributed by atoms with van der Waals surface area (Å²) in [5, 5.41) is 0. The molecule has 2 rings (SSSR count). The summed E-state index contributed by atoms with van der Waals surface area (Å²) in [5.74, 6) is 0. The van der Waals surface area contributed by atoms with Crippen molar-refractivity contribution >= 4 is 0 Å². The lowest BCUT2D eigenvalue weighted by atomic mass is 10.1. The molecule has 0 bridgehead atoms. The summed E-state index contributed by atoms with van der Waals surface area (Å²) < 4.78 is 0. The maximum Gasteiger partial charge on any atom is -0.0351 e. The van der Waals surface area contributed by atoms with Crippen LogP contribution in [-0.4, -0.2) is 0 Å². The molecule has 0 aromatic heterocycles. The van der Waals surface area contributed by atoms with Crippen molar-refractivity contribution in [1.29, 1.82) is 0 Å². The Kier molecular flexibility index (Phi) is 6.94. The van der Waals surface area contributed by atoms with Crippen LogP contribution in [-0.2, 0) is 0 Å². The molecule has 0 saturated heterocycles. The molecule has 0 aliphatic heterocycles. The number of allylic oxidation sites excluding steroid dienone is 2. The van der Waals surface area contributed by atoms with Gasteiger partial charge in [0.25, 0.3) is 0 Å². The van der Waals surface area contributed by atoms with Gasteiger partial charge >= 0.3 is 0 Å². The molecule has 2 aliphatic rings. The largest absolute Gasteiger partial charge is 0.0885 e. The van der Waals surface area contributed by atoms with E-state index in [2.05, 4.69) is 12.2 Å². The zero-order valence-electron chi connectivity index (χ0n) is 8.93. The highest BCUT2D eigenvalue weighted by molar-refractivity contribution is 4.85. The SMILES string of the molecule is C1=CCCCC1.C1CCCCCC1. The molecule has 76 valence electrons. The van der Waals surface area contributed by atoms with Gasteiger partial charge in [0, 0.05) is 0 Å². The second-order valence-corrected chi connectivity index (χ2v) is 4.23. The summed E-state index contributed by atoms with van der Waals surface area (Å²) in [5.41, 5.74) is 0. The van der Waals surface area contributed by atoms with Crippen molar-refractivity contribution in [3.63, 3.8) is 0 Å². The average molecular weight is 180 g/mol. The maximum absolute atomic E-state index is 2.27. The van der Waals surface area contributed by atoms with Gasteiger partial charge in [-0.05, 0) is 25.7 Å². The van der Waals surface area contributed by atoms with Gasteiger partial charge in [0.1, 0.15) is 0 Å². The highest BCUT2D eigenvalue weighted by Crippen LogP contribution is 2.15. The summed E-state index contributed by atoms with van der Waals surface area (Å²) in [6.07, 6.45) is 20.5. The van der Waals surface area contributed by atoms with Crippen molar-refractivity contribution in [3.05, 3.63) is 12.2 Å². The van der Waals surface area contributed by atoms with Gasteiger partial charge in [-0.25, -0.2) is 0 Å². The van der Waals surface area contributed by atoms with E-state index in [9.17, 15) is 0 Å². The topological polar surface area (TPSA) is 0 Å². The van der Waals surface area contributed by atoms with Crippen LogP contribution in [0.2, 0.25) is 0 Å². The van der Waals surface area contributed by atoms with Gasteiger partial charge in [-0.15, -0.1) is 0 Å². The Morgan fingerprint density at radius 1 is 0.385 bits per heavy atom. The second kappa shape index (κ2) is 8.34. The van der Waals surface area contributed by atoms with Crippen LogP contribution in [0.1, 0.15) is 70.6 Å². The second-order valence-electron chi connectivity index (χ2n) is 4.23. The molecule has 1 fully saturated rings. The molecular weight excluding hydrogens is 156 g/mol. The van der Waals surface area contributed by atoms with Gasteiger partial charge < -0.3 is 0 Å². The summed E-state index contributed by atoms with van der Waals surface area (Å²) in [7, 11) is 0. The van der Waals surface area contributed by atoms with Gasteiger partial charge in [0.05, 0.1) is 0 Å². The third-order valence-electron chi connectivity index (χ3n) is 2.91. The van der Waals surface area contributed by atoms with E-state index in [1.165, 1.54) is 70.6 Å². The standard InChI is InChI=1S/C7H14.C6H10/c1-2-4-6-7-5-3-1;1-2-4-6-5-3-1/h1-7H2;1-2H,3-6H2. The fraction of sp³-hybridized carbons (Fsp3) is 0.846. The van der Waals surface area contributed by atoms with Crippen molar-refractivity contribution in [3.8, 4) is 0 Å². The van der Waals surface area contributed by atoms with Gasteiger partial charge in [0.15, 0.2) is 0 Å². The average Bonchev–Trinajstić information content (AvgIpc) is 2.53. The van der Waals surface area contributed by atoms with E-state index >= 15 is 0 Å². The molecule has 1 saturated carbocycles. The monoisotopic (exact) mass is 180 g/mol. The van der Waals surface area contributed by atoms with Gasteiger partial charge in [0.2, 0.25) is 0 Å². The Morgan fingerprint density at radius 3 is 0.846 bits per heavy atom. The van der Waals surface area contributed by atoms with E-state index in [-0.39, 0.29) is 0 Å². The fourth-order valence-electron chi connectivity index (χ4n) is 2.00. The molecule has 13 heavy (non-hydrogen) atoms. The molecule has 0 heteroatoms. The number of rotatable bonds is 0. The third kappa shape index (κ3) is 6.86. The first-order valence-corrected chi connectivity index (χ1v) is 6.15. The lowest BCUT2D eigenvalue weighted by Gasteiger charge is -1.97. The van der Waals surface area contributed by atoms with E-state index in [0.717, 1.165) is 0 Å². The minimum absolute atomic E-state index is 1.32. The van der Waals surface area contributed by atoms with Crippen LogP contribution in [0.5, 0.6) is 0 Å². The molecule has 0 nitrogen and oxygen atoms in total. The maximum atomic E-state index is 2.27. The molecule has 0 radical (unpaired) electrons. The van der Waals surface area contributed by atoms with Crippen molar-refractivity contribution < 1.29 is 0 Å². The molecule has 0 unspecified atom stereocenters. The Bertz CT molecular complexity index is 96.3. The van der Waals surface area contributed by atoms with E-state index in [4.69, 9.17) is 0 Å². The predicted octanol–water partition coefficient (Wildman–Crippen LogP) is 4.85. The molecular formula is C13H24. The fourth-order valence-corrected chi connectivity index (χ4v) is 2.00. The minimum atomic E-state index is 1.32. The van der Waals surface area contributed by atoms with E-state index < -0.39 is 0 Å². The van der Waals surface area contributed by atoms with E-state index in [0.29, 0.717) is 0 Å². The smallest absolute Gasteiger partial charge is 0.0351 e. The zero-order chi connectivity index (χ0) is 9.19. The summed E-state index contributed by atoms with van der Waals surface area (Å²) in [6.45, 7) is 0. The van der Waals surface area contributed by atoms with Crippen LogP contribution < -0.4 is 0 Å². The van der Waals surface area contributed by atoms with Crippen LogP contribution in [0.25, 0.3) is 0 Å². The third-order valence-corrected chi connectivity index (χ3v) is 2.91. The van der Waals surface area contributed by atoms with Gasteiger partial charge in [-0.3, -0.25) is 0 Å². The van der Waals surface area contributed by atoms with Crippen molar-refractivity contribution in [2.45, 2.75) is 70.6 Å². The minimum Gasteiger partial charge on any atom is -0.0885 e. The molecule has 0 amide bonds. The zero-order valence-corrected chi connectivity index (χ0v) is 8.93. The number of hydrogen-bond donors (Lipinski definition) is 0. The van der Waals surface area contributed by atoms with Gasteiger partial charge in [-0.1, -0.05) is 57.1 Å². The molecule has 2 aliphatic carbocycles. The first-order chi connectivity index (χ1) is 6.50. The molecule has 0 atom stereocenters. The summed E-state index contributed by atoms with van der Waals surface area (Å²) in [6, 6.07) is 0. The van der Waals surface area contributed by atoms with Crippen molar-refractivity contribution in [2.75, 3.05) is 0 Å². The van der Waals surface area contributed by atoms with Crippen molar-refractivity contribution in [1.82, 2.24) is 0 Å². The lowest BCUT2D eigenvalue weighted by Crippen LogP contribution is -1.77. The van der Waals surface area contributed by atoms with Crippen LogP contribution in [0.15, 0.2) is 12.2 Å². The molecule has 0 aromatic rings. The van der Waals surface area contributed by atoms with E-state index in [1.54, 1.807) is 0 Å². The highest BCUT2D eigenvalue weighted by atomic mass is 14.0. The molecule has 0 N–H and O–H groups in total. The quantitative estimate of drug-likeness (QED) is 0.369. The van der Waals surface area contributed by atoms with Crippen LogP contribution >= 0.6 is 0 Å². The molecule has 0 aromatic carbocycles. The Labute approximate surface area is 83.4 Å². The highest BCUT2D eigenvalue weighted by Gasteiger charge is 1.95. The number of hydrogen-bond acceptors (Lipinski definition) is 0. The van der Waals surface area contributed by atoms with Gasteiger partial charge in [-0.2, -0.15) is 0 Å². The Hall–Kier alpha value is -0.260. The Balaban J connectivity index is 0.000000132.